The summed E-state index contributed by atoms with van der Waals surface area (Å²) in [5.41, 5.74) is -1.21. The molecule has 0 spiro atoms. The Labute approximate surface area is 96.4 Å². The number of carboxylic acid groups (broad SMARTS) is 1. The Hall–Kier alpha value is -1.27. The Balaban J connectivity index is 2.80. The van der Waals surface area contributed by atoms with Gasteiger partial charge in [-0.1, -0.05) is 13.3 Å². The van der Waals surface area contributed by atoms with Crippen LogP contribution in [0.3, 0.4) is 0 Å². The van der Waals surface area contributed by atoms with E-state index < -0.39 is 23.5 Å². The van der Waals surface area contributed by atoms with Crippen molar-refractivity contribution in [1.29, 1.82) is 0 Å². The monoisotopic (exact) mass is 253 g/mol. The Morgan fingerprint density at radius 3 is 2.41 bits per heavy atom. The third-order valence-corrected chi connectivity index (χ3v) is 3.07. The topological polar surface area (TPSA) is 57.6 Å². The van der Waals surface area contributed by atoms with Gasteiger partial charge in [-0.15, -0.1) is 0 Å². The van der Waals surface area contributed by atoms with Gasteiger partial charge in [0.05, 0.1) is 5.41 Å². The quantitative estimate of drug-likeness (QED) is 0.832. The van der Waals surface area contributed by atoms with E-state index in [1.807, 2.05) is 0 Å². The highest BCUT2D eigenvalue weighted by Gasteiger charge is 2.51. The molecule has 1 aliphatic heterocycles. The summed E-state index contributed by atoms with van der Waals surface area (Å²) in [5, 5.41) is 9.08. The van der Waals surface area contributed by atoms with Crippen LogP contribution in [0.25, 0.3) is 0 Å². The van der Waals surface area contributed by atoms with Crippen LogP contribution in [0.4, 0.5) is 13.2 Å². The number of hydrogen-bond acceptors (Lipinski definition) is 2. The Morgan fingerprint density at radius 1 is 1.41 bits per heavy atom. The summed E-state index contributed by atoms with van der Waals surface area (Å²) in [6.45, 7) is 1.26. The highest BCUT2D eigenvalue weighted by atomic mass is 19.4. The number of carbonyl (C=O) groups excluding carboxylic acids is 1. The summed E-state index contributed by atoms with van der Waals surface area (Å²) in [4.78, 5) is 22.7. The molecule has 0 aromatic rings. The van der Waals surface area contributed by atoms with Crippen molar-refractivity contribution in [2.45, 2.75) is 32.4 Å². The zero-order valence-electron chi connectivity index (χ0n) is 9.38. The second-order valence-corrected chi connectivity index (χ2v) is 4.31. The molecule has 0 radical (unpaired) electrons. The van der Waals surface area contributed by atoms with E-state index in [9.17, 15) is 22.8 Å². The van der Waals surface area contributed by atoms with E-state index in [1.54, 1.807) is 6.92 Å². The van der Waals surface area contributed by atoms with Crippen LogP contribution >= 0.6 is 0 Å². The molecule has 0 saturated carbocycles. The summed E-state index contributed by atoms with van der Waals surface area (Å²) in [6.07, 6.45) is -4.01. The normalized spacial score (nSPS) is 25.1. The average Bonchev–Trinajstić information content (AvgIpc) is 2.61. The molecule has 1 saturated heterocycles. The van der Waals surface area contributed by atoms with Crippen LogP contribution in [-0.2, 0) is 9.59 Å². The maximum Gasteiger partial charge on any atom is 0.471 e. The molecule has 0 aromatic carbocycles. The predicted molar refractivity (Wildman–Crippen MR) is 52.2 cm³/mol. The van der Waals surface area contributed by atoms with E-state index >= 15 is 0 Å². The Bertz CT molecular complexity index is 329. The number of hydrogen-bond donors (Lipinski definition) is 1. The molecule has 0 aliphatic carbocycles. The van der Waals surface area contributed by atoms with Gasteiger partial charge in [-0.25, -0.2) is 0 Å². The molecule has 1 amide bonds. The number of likely N-dealkylation sites (tertiary alicyclic amines) is 1. The van der Waals surface area contributed by atoms with Crippen molar-refractivity contribution < 1.29 is 27.9 Å². The number of halogens is 3. The highest BCUT2D eigenvalue weighted by Crippen LogP contribution is 2.37. The lowest BCUT2D eigenvalue weighted by molar-refractivity contribution is -0.185. The molecule has 98 valence electrons. The minimum Gasteiger partial charge on any atom is -0.481 e. The number of alkyl halides is 3. The van der Waals surface area contributed by atoms with Gasteiger partial charge in [0.1, 0.15) is 0 Å². The lowest BCUT2D eigenvalue weighted by Gasteiger charge is -2.24. The summed E-state index contributed by atoms with van der Waals surface area (Å²) >= 11 is 0. The van der Waals surface area contributed by atoms with E-state index in [1.165, 1.54) is 0 Å². The van der Waals surface area contributed by atoms with Gasteiger partial charge >= 0.3 is 18.1 Å². The molecule has 1 unspecified atom stereocenters. The first kappa shape index (κ1) is 13.8. The SMILES string of the molecule is CCCC1(C(=O)O)CCN(C(=O)C(F)(F)F)C1. The molecule has 7 heteroatoms. The predicted octanol–water partition coefficient (Wildman–Crippen LogP) is 1.65. The van der Waals surface area contributed by atoms with Gasteiger partial charge < -0.3 is 10.0 Å². The molecule has 0 bridgehead atoms. The number of carboxylic acids is 1. The van der Waals surface area contributed by atoms with Gasteiger partial charge in [-0.2, -0.15) is 13.2 Å². The van der Waals surface area contributed by atoms with Gasteiger partial charge in [-0.05, 0) is 12.8 Å². The second-order valence-electron chi connectivity index (χ2n) is 4.31. The number of amides is 1. The van der Waals surface area contributed by atoms with Crippen molar-refractivity contribution in [3.63, 3.8) is 0 Å². The molecule has 0 aromatic heterocycles. The van der Waals surface area contributed by atoms with Crippen molar-refractivity contribution in [3.8, 4) is 0 Å². The van der Waals surface area contributed by atoms with Crippen LogP contribution in [-0.4, -0.2) is 41.1 Å². The van der Waals surface area contributed by atoms with E-state index in [-0.39, 0.29) is 25.9 Å². The molecule has 1 atom stereocenters. The molecule has 1 rings (SSSR count). The van der Waals surface area contributed by atoms with Crippen molar-refractivity contribution in [2.75, 3.05) is 13.1 Å². The number of carbonyl (C=O) groups is 2. The van der Waals surface area contributed by atoms with E-state index in [0.29, 0.717) is 11.3 Å². The minimum absolute atomic E-state index is 0.0813. The highest BCUT2D eigenvalue weighted by molar-refractivity contribution is 5.84. The largest absolute Gasteiger partial charge is 0.481 e. The second kappa shape index (κ2) is 4.54. The summed E-state index contributed by atoms with van der Waals surface area (Å²) in [6, 6.07) is 0. The van der Waals surface area contributed by atoms with Crippen LogP contribution in [0.2, 0.25) is 0 Å². The lowest BCUT2D eigenvalue weighted by Crippen LogP contribution is -2.42. The van der Waals surface area contributed by atoms with Crippen LogP contribution < -0.4 is 0 Å². The van der Waals surface area contributed by atoms with Gasteiger partial charge in [0.15, 0.2) is 0 Å². The van der Waals surface area contributed by atoms with Crippen molar-refractivity contribution in [2.24, 2.45) is 5.41 Å². The van der Waals surface area contributed by atoms with Gasteiger partial charge in [-0.3, -0.25) is 9.59 Å². The summed E-state index contributed by atoms with van der Waals surface area (Å²) < 4.78 is 36.6. The first-order valence-electron chi connectivity index (χ1n) is 5.32. The lowest BCUT2D eigenvalue weighted by atomic mass is 9.83. The maximum absolute atomic E-state index is 12.2. The first-order chi connectivity index (χ1) is 7.73. The standard InChI is InChI=1S/C10H14F3NO3/c1-2-3-9(8(16)17)4-5-14(6-9)7(15)10(11,12)13/h2-6H2,1H3,(H,16,17). The molecule has 1 heterocycles. The molecule has 17 heavy (non-hydrogen) atoms. The fourth-order valence-corrected chi connectivity index (χ4v) is 2.19. The third-order valence-electron chi connectivity index (χ3n) is 3.07. The van der Waals surface area contributed by atoms with Crippen LogP contribution in [0.1, 0.15) is 26.2 Å². The number of aliphatic carboxylic acids is 1. The maximum atomic E-state index is 12.2. The van der Waals surface area contributed by atoms with E-state index in [2.05, 4.69) is 0 Å². The van der Waals surface area contributed by atoms with Crippen molar-refractivity contribution in [1.82, 2.24) is 4.90 Å². The molecular formula is C10H14F3NO3. The van der Waals surface area contributed by atoms with Gasteiger partial charge in [0, 0.05) is 13.1 Å². The smallest absolute Gasteiger partial charge is 0.471 e. The van der Waals surface area contributed by atoms with Crippen molar-refractivity contribution >= 4 is 11.9 Å². The fourth-order valence-electron chi connectivity index (χ4n) is 2.19. The molecular weight excluding hydrogens is 239 g/mol. The summed E-state index contributed by atoms with van der Waals surface area (Å²) in [5.74, 6) is -3.08. The number of rotatable bonds is 3. The molecule has 4 nitrogen and oxygen atoms in total. The van der Waals surface area contributed by atoms with Crippen LogP contribution in [0, 0.1) is 5.41 Å². The zero-order valence-corrected chi connectivity index (χ0v) is 9.38. The van der Waals surface area contributed by atoms with Gasteiger partial charge in [0.2, 0.25) is 0 Å². The average molecular weight is 253 g/mol. The zero-order chi connectivity index (χ0) is 13.3. The Kier molecular flexibility index (Phi) is 3.68. The van der Waals surface area contributed by atoms with Crippen molar-refractivity contribution in [3.05, 3.63) is 0 Å². The van der Waals surface area contributed by atoms with E-state index in [4.69, 9.17) is 5.11 Å². The molecule has 1 aliphatic rings. The van der Waals surface area contributed by atoms with Crippen LogP contribution in [0.15, 0.2) is 0 Å². The molecule has 1 fully saturated rings. The van der Waals surface area contributed by atoms with Gasteiger partial charge in [0.25, 0.3) is 0 Å². The fraction of sp³-hybridized carbons (Fsp3) is 0.800. The van der Waals surface area contributed by atoms with Crippen LogP contribution in [0.5, 0.6) is 0 Å². The molecule has 1 N–H and O–H groups in total. The number of nitrogens with zero attached hydrogens (tertiary/aromatic N) is 1. The minimum atomic E-state index is -4.93. The third kappa shape index (κ3) is 2.70. The Morgan fingerprint density at radius 2 is 2.00 bits per heavy atom. The summed E-state index contributed by atoms with van der Waals surface area (Å²) in [7, 11) is 0. The van der Waals surface area contributed by atoms with E-state index in [0.717, 1.165) is 0 Å². The first-order valence-corrected chi connectivity index (χ1v) is 5.32.